The molecule has 0 unspecified atom stereocenters. The maximum Gasteiger partial charge on any atom is 0.408 e. The van der Waals surface area contributed by atoms with E-state index in [-0.39, 0.29) is 18.4 Å². The number of carbonyl (C=O) groups is 2. The van der Waals surface area contributed by atoms with E-state index in [0.717, 1.165) is 23.4 Å². The number of alkyl carbamates (subject to hydrolysis) is 1. The third-order valence-corrected chi connectivity index (χ3v) is 4.72. The molecule has 0 saturated heterocycles. The molecular weight excluding hydrogens is 368 g/mol. The first-order valence-electron chi connectivity index (χ1n) is 9.77. The van der Waals surface area contributed by atoms with Gasteiger partial charge in [0.1, 0.15) is 18.5 Å². The summed E-state index contributed by atoms with van der Waals surface area (Å²) < 4.78 is 5.26. The van der Waals surface area contributed by atoms with Gasteiger partial charge in [-0.05, 0) is 29.2 Å². The van der Waals surface area contributed by atoms with Crippen LogP contribution in [0.25, 0.3) is 0 Å². The first-order valence-corrected chi connectivity index (χ1v) is 9.77. The number of ether oxygens (including phenoxy) is 1. The van der Waals surface area contributed by atoms with Gasteiger partial charge in [0.05, 0.1) is 0 Å². The highest BCUT2D eigenvalue weighted by molar-refractivity contribution is 5.85. The molecular formula is C22H30N4O3. The second-order valence-corrected chi connectivity index (χ2v) is 7.20. The van der Waals surface area contributed by atoms with Crippen molar-refractivity contribution in [3.63, 3.8) is 0 Å². The molecule has 0 aliphatic rings. The summed E-state index contributed by atoms with van der Waals surface area (Å²) in [4.78, 5) is 31.1. The van der Waals surface area contributed by atoms with Crippen LogP contribution in [-0.2, 0) is 22.7 Å². The van der Waals surface area contributed by atoms with Gasteiger partial charge in [-0.2, -0.15) is 0 Å². The van der Waals surface area contributed by atoms with Crippen molar-refractivity contribution >= 4 is 17.8 Å². The molecule has 0 aliphatic carbocycles. The monoisotopic (exact) mass is 398 g/mol. The molecule has 2 N–H and O–H groups in total. The summed E-state index contributed by atoms with van der Waals surface area (Å²) in [5.41, 5.74) is 1.83. The van der Waals surface area contributed by atoms with Crippen molar-refractivity contribution < 1.29 is 14.3 Å². The predicted octanol–water partition coefficient (Wildman–Crippen LogP) is 3.10. The number of anilines is 1. The maximum atomic E-state index is 12.7. The van der Waals surface area contributed by atoms with Crippen LogP contribution in [-0.4, -0.2) is 37.1 Å². The zero-order chi connectivity index (χ0) is 21.2. The number of aromatic nitrogens is 1. The van der Waals surface area contributed by atoms with Crippen LogP contribution in [0.15, 0.2) is 48.7 Å². The minimum absolute atomic E-state index is 0.0333. The highest BCUT2D eigenvalue weighted by Crippen LogP contribution is 2.11. The Morgan fingerprint density at radius 1 is 1.14 bits per heavy atom. The molecule has 2 amide bonds. The lowest BCUT2D eigenvalue weighted by Crippen LogP contribution is -2.50. The minimum atomic E-state index is -0.668. The van der Waals surface area contributed by atoms with Gasteiger partial charge in [0.25, 0.3) is 0 Å². The summed E-state index contributed by atoms with van der Waals surface area (Å²) in [6.45, 7) is 4.42. The fourth-order valence-corrected chi connectivity index (χ4v) is 2.71. The third kappa shape index (κ3) is 7.10. The van der Waals surface area contributed by atoms with Crippen LogP contribution in [0, 0.1) is 5.92 Å². The first-order chi connectivity index (χ1) is 13.9. The highest BCUT2D eigenvalue weighted by Gasteiger charge is 2.26. The summed E-state index contributed by atoms with van der Waals surface area (Å²) in [5, 5.41) is 5.61. The Labute approximate surface area is 172 Å². The summed E-state index contributed by atoms with van der Waals surface area (Å²) in [5.74, 6) is 0.547. The quantitative estimate of drug-likeness (QED) is 0.678. The number of rotatable bonds is 9. The number of benzene rings is 1. The Bertz CT molecular complexity index is 796. The smallest absolute Gasteiger partial charge is 0.408 e. The molecule has 2 aromatic rings. The minimum Gasteiger partial charge on any atom is -0.445 e. The van der Waals surface area contributed by atoms with Gasteiger partial charge in [0, 0.05) is 26.8 Å². The number of pyridine rings is 1. The van der Waals surface area contributed by atoms with Gasteiger partial charge in [0.15, 0.2) is 0 Å². The Balaban J connectivity index is 1.93. The molecule has 0 bridgehead atoms. The number of hydrogen-bond acceptors (Lipinski definition) is 5. The predicted molar refractivity (Wildman–Crippen MR) is 113 cm³/mol. The van der Waals surface area contributed by atoms with Gasteiger partial charge in [0.2, 0.25) is 5.91 Å². The highest BCUT2D eigenvalue weighted by atomic mass is 16.5. The third-order valence-electron chi connectivity index (χ3n) is 4.72. The van der Waals surface area contributed by atoms with E-state index in [0.29, 0.717) is 6.54 Å². The van der Waals surface area contributed by atoms with Crippen molar-refractivity contribution in [2.75, 3.05) is 19.0 Å². The Kier molecular flexibility index (Phi) is 8.45. The van der Waals surface area contributed by atoms with E-state index in [2.05, 4.69) is 15.6 Å². The fraction of sp³-hybridized carbons (Fsp3) is 0.409. The van der Waals surface area contributed by atoms with Gasteiger partial charge in [-0.15, -0.1) is 0 Å². The maximum absolute atomic E-state index is 12.7. The van der Waals surface area contributed by atoms with Crippen LogP contribution in [0.1, 0.15) is 31.4 Å². The van der Waals surface area contributed by atoms with Crippen molar-refractivity contribution in [3.05, 3.63) is 59.8 Å². The Morgan fingerprint density at radius 2 is 1.86 bits per heavy atom. The summed E-state index contributed by atoms with van der Waals surface area (Å²) in [7, 11) is 3.82. The molecule has 0 saturated carbocycles. The van der Waals surface area contributed by atoms with Crippen molar-refractivity contribution in [2.45, 2.75) is 39.5 Å². The van der Waals surface area contributed by atoms with E-state index >= 15 is 0 Å². The second-order valence-electron chi connectivity index (χ2n) is 7.20. The number of nitrogens with one attached hydrogen (secondary N) is 2. The van der Waals surface area contributed by atoms with Gasteiger partial charge >= 0.3 is 6.09 Å². The van der Waals surface area contributed by atoms with Gasteiger partial charge in [-0.3, -0.25) is 4.79 Å². The van der Waals surface area contributed by atoms with Crippen LogP contribution < -0.4 is 15.5 Å². The van der Waals surface area contributed by atoms with E-state index < -0.39 is 12.1 Å². The zero-order valence-corrected chi connectivity index (χ0v) is 17.5. The molecule has 0 fully saturated rings. The molecule has 2 rings (SSSR count). The normalized spacial score (nSPS) is 12.6. The number of amides is 2. The van der Waals surface area contributed by atoms with Gasteiger partial charge in [-0.1, -0.05) is 50.6 Å². The molecule has 156 valence electrons. The van der Waals surface area contributed by atoms with Crippen molar-refractivity contribution in [1.29, 1.82) is 0 Å². The van der Waals surface area contributed by atoms with Crippen LogP contribution >= 0.6 is 0 Å². The molecule has 0 spiro atoms. The summed E-state index contributed by atoms with van der Waals surface area (Å²) >= 11 is 0. The standard InChI is InChI=1S/C22H30N4O3/c1-5-16(2)20(25-22(28)29-15-17-9-7-6-8-10-17)21(27)24-14-18-11-12-23-19(13-18)26(3)4/h6-13,16,20H,5,14-15H2,1-4H3,(H,24,27)(H,25,28)/t16-,20-/m0/s1. The Morgan fingerprint density at radius 3 is 2.52 bits per heavy atom. The van der Waals surface area contributed by atoms with E-state index in [1.54, 1.807) is 6.20 Å². The SMILES string of the molecule is CC[C@H](C)[C@H](NC(=O)OCc1ccccc1)C(=O)NCc1ccnc(N(C)C)c1. The second kappa shape index (κ2) is 11.0. The number of carbonyl (C=O) groups excluding carboxylic acids is 2. The molecule has 7 nitrogen and oxygen atoms in total. The topological polar surface area (TPSA) is 83.6 Å². The average molecular weight is 399 g/mol. The summed E-state index contributed by atoms with van der Waals surface area (Å²) in [6, 6.07) is 12.5. The van der Waals surface area contributed by atoms with E-state index in [1.165, 1.54) is 0 Å². The molecule has 7 heteroatoms. The number of nitrogens with zero attached hydrogens (tertiary/aromatic N) is 2. The van der Waals surface area contributed by atoms with Crippen molar-refractivity contribution in [2.24, 2.45) is 5.92 Å². The summed E-state index contributed by atoms with van der Waals surface area (Å²) in [6.07, 6.45) is 1.85. The van der Waals surface area contributed by atoms with Crippen molar-refractivity contribution in [1.82, 2.24) is 15.6 Å². The molecule has 0 aliphatic heterocycles. The lowest BCUT2D eigenvalue weighted by Gasteiger charge is -2.23. The first kappa shape index (κ1) is 22.2. The van der Waals surface area contributed by atoms with Crippen LogP contribution in [0.4, 0.5) is 10.6 Å². The molecule has 0 radical (unpaired) electrons. The van der Waals surface area contributed by atoms with E-state index in [4.69, 9.17) is 4.74 Å². The molecule has 1 aromatic heterocycles. The molecule has 1 aromatic carbocycles. The van der Waals surface area contributed by atoms with Crippen LogP contribution in [0.2, 0.25) is 0 Å². The lowest BCUT2D eigenvalue weighted by atomic mass is 9.98. The van der Waals surface area contributed by atoms with Crippen molar-refractivity contribution in [3.8, 4) is 0 Å². The molecule has 29 heavy (non-hydrogen) atoms. The Hall–Kier alpha value is -3.09. The fourth-order valence-electron chi connectivity index (χ4n) is 2.71. The lowest BCUT2D eigenvalue weighted by molar-refractivity contribution is -0.124. The largest absolute Gasteiger partial charge is 0.445 e. The van der Waals surface area contributed by atoms with E-state index in [9.17, 15) is 9.59 Å². The zero-order valence-electron chi connectivity index (χ0n) is 17.5. The molecule has 1 heterocycles. The number of hydrogen-bond donors (Lipinski definition) is 2. The van der Waals surface area contributed by atoms with Gasteiger partial charge < -0.3 is 20.3 Å². The van der Waals surface area contributed by atoms with E-state index in [1.807, 2.05) is 75.3 Å². The van der Waals surface area contributed by atoms with Crippen LogP contribution in [0.5, 0.6) is 0 Å². The molecule has 2 atom stereocenters. The van der Waals surface area contributed by atoms with Crippen LogP contribution in [0.3, 0.4) is 0 Å². The average Bonchev–Trinajstić information content (AvgIpc) is 2.74. The van der Waals surface area contributed by atoms with Gasteiger partial charge in [-0.25, -0.2) is 9.78 Å².